The number of hydrogen-bond donors (Lipinski definition) is 0. The van der Waals surface area contributed by atoms with Crippen molar-refractivity contribution in [1.29, 1.82) is 0 Å². The van der Waals surface area contributed by atoms with E-state index in [9.17, 15) is 13.2 Å². The summed E-state index contributed by atoms with van der Waals surface area (Å²) >= 11 is 0. The van der Waals surface area contributed by atoms with Gasteiger partial charge in [-0.1, -0.05) is 57.1 Å². The van der Waals surface area contributed by atoms with Gasteiger partial charge in [-0.15, -0.1) is 0 Å². The Morgan fingerprint density at radius 1 is 1.11 bits per heavy atom. The predicted octanol–water partition coefficient (Wildman–Crippen LogP) is 4.41. The Labute approximate surface area is 207 Å². The summed E-state index contributed by atoms with van der Waals surface area (Å²) in [5.41, 5.74) is 3.76. The van der Waals surface area contributed by atoms with Gasteiger partial charge in [-0.05, 0) is 41.7 Å². The number of carbonyl (C=O) groups excluding carboxylic acids is 1. The average Bonchev–Trinajstić information content (AvgIpc) is 3.50. The van der Waals surface area contributed by atoms with Crippen molar-refractivity contribution in [2.24, 2.45) is 0 Å². The summed E-state index contributed by atoms with van der Waals surface area (Å²) in [5.74, 6) is 1.33. The van der Waals surface area contributed by atoms with Gasteiger partial charge in [0.15, 0.2) is 0 Å². The highest BCUT2D eigenvalue weighted by atomic mass is 32.2. The molecule has 2 heterocycles. The molecule has 0 N–H and O–H groups in total. The summed E-state index contributed by atoms with van der Waals surface area (Å²) in [6.07, 6.45) is 1.20. The van der Waals surface area contributed by atoms with Crippen LogP contribution in [0.1, 0.15) is 57.1 Å². The molecular formula is C26H32N4O4S. The van der Waals surface area contributed by atoms with E-state index in [1.54, 1.807) is 23.1 Å². The molecule has 8 nitrogen and oxygen atoms in total. The van der Waals surface area contributed by atoms with E-state index in [1.807, 2.05) is 26.0 Å². The first-order chi connectivity index (χ1) is 16.7. The summed E-state index contributed by atoms with van der Waals surface area (Å²) in [6.45, 7) is 9.30. The van der Waals surface area contributed by atoms with Crippen LogP contribution in [-0.2, 0) is 27.7 Å². The summed E-state index contributed by atoms with van der Waals surface area (Å²) < 4.78 is 32.5. The molecule has 0 saturated carbocycles. The Kier molecular flexibility index (Phi) is 7.37. The largest absolute Gasteiger partial charge is 0.339 e. The van der Waals surface area contributed by atoms with E-state index in [2.05, 4.69) is 36.1 Å². The van der Waals surface area contributed by atoms with Crippen molar-refractivity contribution in [2.45, 2.75) is 57.8 Å². The normalized spacial score (nSPS) is 13.6. The van der Waals surface area contributed by atoms with Gasteiger partial charge in [-0.2, -0.15) is 9.29 Å². The molecular weight excluding hydrogens is 464 g/mol. The molecule has 1 aliphatic heterocycles. The van der Waals surface area contributed by atoms with Crippen LogP contribution < -0.4 is 4.90 Å². The van der Waals surface area contributed by atoms with E-state index in [-0.39, 0.29) is 17.2 Å². The van der Waals surface area contributed by atoms with Gasteiger partial charge >= 0.3 is 0 Å². The smallest absolute Gasteiger partial charge is 0.243 e. The molecule has 0 bridgehead atoms. The van der Waals surface area contributed by atoms with Gasteiger partial charge in [0.1, 0.15) is 0 Å². The molecule has 0 radical (unpaired) electrons. The lowest BCUT2D eigenvalue weighted by molar-refractivity contribution is -0.118. The summed E-state index contributed by atoms with van der Waals surface area (Å²) in [4.78, 5) is 19.4. The summed E-state index contributed by atoms with van der Waals surface area (Å²) in [7, 11) is -3.53. The summed E-state index contributed by atoms with van der Waals surface area (Å²) in [6, 6.07) is 13.1. The van der Waals surface area contributed by atoms with Crippen LogP contribution in [0.3, 0.4) is 0 Å². The number of benzene rings is 2. The Morgan fingerprint density at radius 2 is 1.83 bits per heavy atom. The number of anilines is 1. The van der Waals surface area contributed by atoms with Crippen LogP contribution in [-0.4, -0.2) is 48.4 Å². The first kappa shape index (κ1) is 25.1. The van der Waals surface area contributed by atoms with Gasteiger partial charge < -0.3 is 9.42 Å². The molecule has 1 amide bonds. The topological polar surface area (TPSA) is 96.6 Å². The van der Waals surface area contributed by atoms with Gasteiger partial charge in [-0.3, -0.25) is 4.79 Å². The molecule has 186 valence electrons. The second kappa shape index (κ2) is 10.3. The van der Waals surface area contributed by atoms with E-state index in [0.717, 1.165) is 16.8 Å². The zero-order chi connectivity index (χ0) is 25.2. The second-order valence-electron chi connectivity index (χ2n) is 8.96. The van der Waals surface area contributed by atoms with E-state index in [0.29, 0.717) is 50.1 Å². The standard InChI is InChI=1S/C26H32N4O4S/c1-5-29(6-2)35(32,33)22-11-12-23-21(17-22)15-16-30(23)25(31)14-13-24-27-26(28-34-24)20-9-7-19(8-10-20)18(3)4/h7-12,17-18H,5-6,13-16H2,1-4H3. The van der Waals surface area contributed by atoms with Crippen molar-refractivity contribution in [1.82, 2.24) is 14.4 Å². The molecule has 0 unspecified atom stereocenters. The molecule has 9 heteroatoms. The number of aromatic nitrogens is 2. The molecule has 2 aromatic carbocycles. The Balaban J connectivity index is 1.41. The minimum atomic E-state index is -3.53. The number of rotatable bonds is 9. The number of hydrogen-bond acceptors (Lipinski definition) is 6. The molecule has 1 aliphatic rings. The maximum Gasteiger partial charge on any atom is 0.243 e. The molecule has 0 fully saturated rings. The molecule has 0 spiro atoms. The van der Waals surface area contributed by atoms with Crippen molar-refractivity contribution < 1.29 is 17.7 Å². The fourth-order valence-electron chi connectivity index (χ4n) is 4.35. The lowest BCUT2D eigenvalue weighted by atomic mass is 10.0. The van der Waals surface area contributed by atoms with Gasteiger partial charge in [0, 0.05) is 43.7 Å². The molecule has 4 rings (SSSR count). The van der Waals surface area contributed by atoms with Gasteiger partial charge in [0.25, 0.3) is 0 Å². The molecule has 1 aromatic heterocycles. The number of fused-ring (bicyclic) bond motifs is 1. The average molecular weight is 497 g/mol. The van der Waals surface area contributed by atoms with Crippen molar-refractivity contribution in [2.75, 3.05) is 24.5 Å². The maximum absolute atomic E-state index is 13.0. The quantitative estimate of drug-likeness (QED) is 0.435. The van der Waals surface area contributed by atoms with Crippen LogP contribution in [0.5, 0.6) is 0 Å². The highest BCUT2D eigenvalue weighted by Gasteiger charge is 2.28. The maximum atomic E-state index is 13.0. The van der Waals surface area contributed by atoms with E-state index < -0.39 is 10.0 Å². The number of nitrogens with zero attached hydrogens (tertiary/aromatic N) is 4. The van der Waals surface area contributed by atoms with Gasteiger partial charge in [0.2, 0.25) is 27.6 Å². The zero-order valence-corrected chi connectivity index (χ0v) is 21.5. The first-order valence-corrected chi connectivity index (χ1v) is 13.5. The van der Waals surface area contributed by atoms with Crippen LogP contribution in [0.25, 0.3) is 11.4 Å². The molecule has 0 aliphatic carbocycles. The SMILES string of the molecule is CCN(CC)S(=O)(=O)c1ccc2c(c1)CCN2C(=O)CCc1nc(-c2ccc(C(C)C)cc2)no1. The highest BCUT2D eigenvalue weighted by Crippen LogP contribution is 2.32. The zero-order valence-electron chi connectivity index (χ0n) is 20.7. The Bertz CT molecular complexity index is 1300. The van der Waals surface area contributed by atoms with Crippen molar-refractivity contribution >= 4 is 21.6 Å². The lowest BCUT2D eigenvalue weighted by Crippen LogP contribution is -2.30. The second-order valence-corrected chi connectivity index (χ2v) is 10.9. The molecule has 35 heavy (non-hydrogen) atoms. The van der Waals surface area contributed by atoms with Gasteiger partial charge in [-0.25, -0.2) is 8.42 Å². The molecule has 3 aromatic rings. The van der Waals surface area contributed by atoms with Crippen LogP contribution in [0.4, 0.5) is 5.69 Å². The molecule has 0 atom stereocenters. The monoisotopic (exact) mass is 496 g/mol. The third-order valence-electron chi connectivity index (χ3n) is 6.45. The molecule has 0 saturated heterocycles. The number of carbonyl (C=O) groups is 1. The van der Waals surface area contributed by atoms with Crippen LogP contribution in [0.15, 0.2) is 51.9 Å². The Hall–Kier alpha value is -3.04. The van der Waals surface area contributed by atoms with E-state index in [4.69, 9.17) is 4.52 Å². The summed E-state index contributed by atoms with van der Waals surface area (Å²) in [5, 5.41) is 4.06. The number of sulfonamides is 1. The van der Waals surface area contributed by atoms with Crippen molar-refractivity contribution in [3.8, 4) is 11.4 Å². The third-order valence-corrected chi connectivity index (χ3v) is 8.49. The first-order valence-electron chi connectivity index (χ1n) is 12.1. The predicted molar refractivity (Wildman–Crippen MR) is 135 cm³/mol. The van der Waals surface area contributed by atoms with Crippen molar-refractivity contribution in [3.05, 3.63) is 59.5 Å². The Morgan fingerprint density at radius 3 is 2.49 bits per heavy atom. The van der Waals surface area contributed by atoms with E-state index >= 15 is 0 Å². The van der Waals surface area contributed by atoms with E-state index in [1.165, 1.54) is 9.87 Å². The van der Waals surface area contributed by atoms with Crippen LogP contribution >= 0.6 is 0 Å². The highest BCUT2D eigenvalue weighted by molar-refractivity contribution is 7.89. The van der Waals surface area contributed by atoms with Crippen LogP contribution in [0.2, 0.25) is 0 Å². The fourth-order valence-corrected chi connectivity index (χ4v) is 5.86. The number of amides is 1. The minimum Gasteiger partial charge on any atom is -0.339 e. The number of aryl methyl sites for hydroxylation is 1. The fraction of sp³-hybridized carbons (Fsp3) is 0.423. The van der Waals surface area contributed by atoms with Crippen molar-refractivity contribution in [3.63, 3.8) is 0 Å². The minimum absolute atomic E-state index is 0.0517. The van der Waals surface area contributed by atoms with Crippen LogP contribution in [0, 0.1) is 0 Å². The lowest BCUT2D eigenvalue weighted by Gasteiger charge is -2.20. The third kappa shape index (κ3) is 5.16. The van der Waals surface area contributed by atoms with Gasteiger partial charge in [0.05, 0.1) is 4.90 Å².